The van der Waals surface area contributed by atoms with Crippen molar-refractivity contribution in [2.24, 2.45) is 0 Å². The van der Waals surface area contributed by atoms with E-state index in [0.717, 1.165) is 36.7 Å². The fourth-order valence-electron chi connectivity index (χ4n) is 1.98. The van der Waals surface area contributed by atoms with E-state index in [2.05, 4.69) is 53.5 Å². The molecule has 0 fully saturated rings. The van der Waals surface area contributed by atoms with Gasteiger partial charge in [-0.15, -0.1) is 0 Å². The van der Waals surface area contributed by atoms with Crippen molar-refractivity contribution < 1.29 is 0 Å². The summed E-state index contributed by atoms with van der Waals surface area (Å²) in [4.78, 5) is 4.54. The molecule has 0 aliphatic carbocycles. The van der Waals surface area contributed by atoms with Gasteiger partial charge < -0.3 is 5.32 Å². The Morgan fingerprint density at radius 2 is 2.06 bits per heavy atom. The molecule has 4 nitrogen and oxygen atoms in total. The largest absolute Gasteiger partial charge is 0.316 e. The molecule has 0 atom stereocenters. The lowest BCUT2D eigenvalue weighted by Crippen LogP contribution is -2.07. The Balaban J connectivity index is 2.40. The van der Waals surface area contributed by atoms with Crippen LogP contribution in [-0.4, -0.2) is 21.8 Å². The third kappa shape index (κ3) is 2.59. The van der Waals surface area contributed by atoms with Crippen molar-refractivity contribution >= 4 is 0 Å². The Bertz CT molecular complexity index is 516. The third-order valence-corrected chi connectivity index (χ3v) is 2.89. The summed E-state index contributed by atoms with van der Waals surface area (Å²) in [7, 11) is 1.95. The van der Waals surface area contributed by atoms with Gasteiger partial charge in [0, 0.05) is 19.4 Å². The van der Waals surface area contributed by atoms with E-state index in [1.807, 2.05) is 11.7 Å². The zero-order valence-electron chi connectivity index (χ0n) is 11.3. The molecule has 1 aromatic heterocycles. The molecule has 4 heteroatoms. The number of rotatable bonds is 5. The molecule has 0 radical (unpaired) electrons. The van der Waals surface area contributed by atoms with Gasteiger partial charge in [-0.3, -0.25) is 0 Å². The Morgan fingerprint density at radius 1 is 1.22 bits per heavy atom. The van der Waals surface area contributed by atoms with Crippen LogP contribution >= 0.6 is 0 Å². The van der Waals surface area contributed by atoms with Crippen LogP contribution in [0.2, 0.25) is 0 Å². The predicted octanol–water partition coefficient (Wildman–Crippen LogP) is 2.11. The van der Waals surface area contributed by atoms with E-state index in [9.17, 15) is 0 Å². The van der Waals surface area contributed by atoms with Crippen LogP contribution in [0.5, 0.6) is 0 Å². The molecule has 2 aromatic rings. The van der Waals surface area contributed by atoms with Crippen molar-refractivity contribution in [1.29, 1.82) is 0 Å². The molecule has 1 N–H and O–H groups in total. The van der Waals surface area contributed by atoms with E-state index in [-0.39, 0.29) is 0 Å². The number of aryl methyl sites for hydroxylation is 2. The highest BCUT2D eigenvalue weighted by Gasteiger charge is 2.09. The average molecular weight is 244 g/mol. The number of nitrogens with zero attached hydrogens (tertiary/aromatic N) is 3. The van der Waals surface area contributed by atoms with Gasteiger partial charge in [-0.1, -0.05) is 26.0 Å². The van der Waals surface area contributed by atoms with E-state index in [1.165, 1.54) is 5.56 Å². The van der Waals surface area contributed by atoms with Gasteiger partial charge in [0.05, 0.1) is 5.69 Å². The van der Waals surface area contributed by atoms with Crippen LogP contribution in [0.15, 0.2) is 24.3 Å². The molecule has 0 amide bonds. The van der Waals surface area contributed by atoms with Crippen LogP contribution < -0.4 is 5.32 Å². The summed E-state index contributed by atoms with van der Waals surface area (Å²) >= 11 is 0. The smallest absolute Gasteiger partial charge is 0.151 e. The van der Waals surface area contributed by atoms with Crippen LogP contribution in [0.25, 0.3) is 5.69 Å². The predicted molar refractivity (Wildman–Crippen MR) is 72.9 cm³/mol. The minimum Gasteiger partial charge on any atom is -0.316 e. The van der Waals surface area contributed by atoms with Crippen molar-refractivity contribution in [1.82, 2.24) is 20.1 Å². The van der Waals surface area contributed by atoms with E-state index in [1.54, 1.807) is 0 Å². The first-order valence-electron chi connectivity index (χ1n) is 6.47. The second kappa shape index (κ2) is 5.78. The van der Waals surface area contributed by atoms with Gasteiger partial charge in [-0.25, -0.2) is 9.67 Å². The SMILES string of the molecule is CCc1nc(CC)n(-c2cccc(CNC)c2)n1. The van der Waals surface area contributed by atoms with Crippen molar-refractivity contribution in [3.8, 4) is 5.69 Å². The van der Waals surface area contributed by atoms with Crippen LogP contribution in [0.4, 0.5) is 0 Å². The van der Waals surface area contributed by atoms with Crippen LogP contribution in [0.3, 0.4) is 0 Å². The molecule has 0 unspecified atom stereocenters. The summed E-state index contributed by atoms with van der Waals surface area (Å²) in [6.07, 6.45) is 1.76. The fourth-order valence-corrected chi connectivity index (χ4v) is 1.98. The van der Waals surface area contributed by atoms with E-state index in [4.69, 9.17) is 0 Å². The molecule has 96 valence electrons. The zero-order chi connectivity index (χ0) is 13.0. The molecule has 2 rings (SSSR count). The summed E-state index contributed by atoms with van der Waals surface area (Å²) < 4.78 is 1.96. The molecule has 1 aromatic carbocycles. The zero-order valence-corrected chi connectivity index (χ0v) is 11.3. The highest BCUT2D eigenvalue weighted by Crippen LogP contribution is 2.13. The lowest BCUT2D eigenvalue weighted by molar-refractivity contribution is 0.781. The van der Waals surface area contributed by atoms with Crippen molar-refractivity contribution in [3.05, 3.63) is 41.5 Å². The number of aromatic nitrogens is 3. The first kappa shape index (κ1) is 12.8. The lowest BCUT2D eigenvalue weighted by atomic mass is 10.2. The maximum atomic E-state index is 4.56. The minimum absolute atomic E-state index is 0.866. The molecule has 0 aliphatic rings. The van der Waals surface area contributed by atoms with Gasteiger partial charge in [0.25, 0.3) is 0 Å². The number of nitrogens with one attached hydrogen (secondary N) is 1. The summed E-state index contributed by atoms with van der Waals surface area (Å²) in [5.74, 6) is 1.93. The van der Waals surface area contributed by atoms with Gasteiger partial charge in [0.2, 0.25) is 0 Å². The normalized spacial score (nSPS) is 10.8. The number of hydrogen-bond donors (Lipinski definition) is 1. The topological polar surface area (TPSA) is 42.7 Å². The molecule has 18 heavy (non-hydrogen) atoms. The average Bonchev–Trinajstić information content (AvgIpc) is 2.83. The molecule has 0 spiro atoms. The lowest BCUT2D eigenvalue weighted by Gasteiger charge is -2.06. The second-order valence-corrected chi connectivity index (χ2v) is 4.26. The van der Waals surface area contributed by atoms with Gasteiger partial charge in [0.1, 0.15) is 5.82 Å². The monoisotopic (exact) mass is 244 g/mol. The van der Waals surface area contributed by atoms with Gasteiger partial charge in [0.15, 0.2) is 5.82 Å². The van der Waals surface area contributed by atoms with E-state index in [0.29, 0.717) is 0 Å². The van der Waals surface area contributed by atoms with Crippen LogP contribution in [0.1, 0.15) is 31.1 Å². The first-order valence-corrected chi connectivity index (χ1v) is 6.47. The third-order valence-electron chi connectivity index (χ3n) is 2.89. The standard InChI is InChI=1S/C14H20N4/c1-4-13-16-14(5-2)18(17-13)12-8-6-7-11(9-12)10-15-3/h6-9,15H,4-5,10H2,1-3H3. The quantitative estimate of drug-likeness (QED) is 0.876. The summed E-state index contributed by atoms with van der Waals surface area (Å²) in [6.45, 7) is 5.05. The summed E-state index contributed by atoms with van der Waals surface area (Å²) in [6, 6.07) is 8.41. The Hall–Kier alpha value is -1.68. The van der Waals surface area contributed by atoms with Crippen molar-refractivity contribution in [3.63, 3.8) is 0 Å². The van der Waals surface area contributed by atoms with Gasteiger partial charge in [-0.05, 0) is 24.7 Å². The molecule has 0 bridgehead atoms. The number of hydrogen-bond acceptors (Lipinski definition) is 3. The molecular formula is C14H20N4. The molecular weight excluding hydrogens is 224 g/mol. The molecule has 0 saturated heterocycles. The first-order chi connectivity index (χ1) is 8.78. The minimum atomic E-state index is 0.866. The van der Waals surface area contributed by atoms with Crippen LogP contribution in [-0.2, 0) is 19.4 Å². The van der Waals surface area contributed by atoms with Crippen molar-refractivity contribution in [2.75, 3.05) is 7.05 Å². The summed E-state index contributed by atoms with van der Waals surface area (Å²) in [5.41, 5.74) is 2.34. The van der Waals surface area contributed by atoms with E-state index < -0.39 is 0 Å². The Kier molecular flexibility index (Phi) is 4.10. The molecule has 0 saturated carbocycles. The van der Waals surface area contributed by atoms with Gasteiger partial charge in [-0.2, -0.15) is 5.10 Å². The van der Waals surface area contributed by atoms with Crippen molar-refractivity contribution in [2.45, 2.75) is 33.2 Å². The highest BCUT2D eigenvalue weighted by atomic mass is 15.3. The number of benzene rings is 1. The Labute approximate surface area is 108 Å². The van der Waals surface area contributed by atoms with Crippen LogP contribution in [0, 0.1) is 0 Å². The molecule has 0 aliphatic heterocycles. The van der Waals surface area contributed by atoms with Gasteiger partial charge >= 0.3 is 0 Å². The Morgan fingerprint density at radius 3 is 2.72 bits per heavy atom. The second-order valence-electron chi connectivity index (χ2n) is 4.26. The molecule has 1 heterocycles. The fraction of sp³-hybridized carbons (Fsp3) is 0.429. The summed E-state index contributed by atoms with van der Waals surface area (Å²) in [5, 5.41) is 7.72. The maximum Gasteiger partial charge on any atom is 0.151 e. The maximum absolute atomic E-state index is 4.56. The van der Waals surface area contributed by atoms with E-state index >= 15 is 0 Å². The highest BCUT2D eigenvalue weighted by molar-refractivity contribution is 5.36.